The number of carboxylic acids is 1. The van der Waals surface area contributed by atoms with Crippen LogP contribution in [0.2, 0.25) is 0 Å². The summed E-state index contributed by atoms with van der Waals surface area (Å²) in [5, 5.41) is 33.6. The molecule has 6 nitrogen and oxygen atoms in total. The Morgan fingerprint density at radius 1 is 0.818 bits per heavy atom. The molecule has 0 aliphatic rings. The van der Waals surface area contributed by atoms with E-state index < -0.39 is 23.6 Å². The summed E-state index contributed by atoms with van der Waals surface area (Å²) in [4.78, 5) is 25.0. The van der Waals surface area contributed by atoms with Gasteiger partial charge in [0.1, 0.15) is 5.75 Å². The third-order valence-electron chi connectivity index (χ3n) is 5.43. The van der Waals surface area contributed by atoms with Crippen molar-refractivity contribution in [3.63, 3.8) is 0 Å². The second kappa shape index (κ2) is 13.0. The number of amides is 1. The van der Waals surface area contributed by atoms with Gasteiger partial charge in [0.2, 0.25) is 5.91 Å². The second-order valence-electron chi connectivity index (χ2n) is 7.87. The predicted octanol–water partition coefficient (Wildman–Crippen LogP) is 0.279. The van der Waals surface area contributed by atoms with Crippen molar-refractivity contribution in [1.82, 2.24) is 5.32 Å². The van der Waals surface area contributed by atoms with Crippen molar-refractivity contribution in [1.29, 1.82) is 0 Å². The number of rotatable bonds is 10. The molecule has 0 aliphatic carbocycles. The Hall–Kier alpha value is -2.80. The number of carbonyl (C=O) groups is 2. The minimum absolute atomic E-state index is 0. The van der Waals surface area contributed by atoms with E-state index in [2.05, 4.69) is 5.32 Å². The topological polar surface area (TPSA) is 110 Å². The van der Waals surface area contributed by atoms with Crippen molar-refractivity contribution < 1.29 is 54.5 Å². The van der Waals surface area contributed by atoms with E-state index in [-0.39, 0.29) is 54.2 Å². The standard InChI is InChI=1S/C26H27NO5.Na/c28-23-12-11-20(15-24(23)29)17-27-25(30)21(13-18-7-3-1-4-8-18)16-22(26(31)32)14-19-9-5-2-6-10-19;/h1-12,15,21-22,28-29H,13-14,16-17H2,(H,27,30)(H,31,32);/q;+1/p-1/t21-,22-;/m1./s1. The van der Waals surface area contributed by atoms with E-state index in [0.29, 0.717) is 18.4 Å². The number of hydrogen-bond acceptors (Lipinski definition) is 4. The molecule has 0 aliphatic heterocycles. The Morgan fingerprint density at radius 2 is 1.36 bits per heavy atom. The fourth-order valence-corrected chi connectivity index (χ4v) is 3.70. The van der Waals surface area contributed by atoms with Crippen LogP contribution in [0.25, 0.3) is 0 Å². The molecule has 33 heavy (non-hydrogen) atoms. The Morgan fingerprint density at radius 3 is 1.88 bits per heavy atom. The Balaban J connectivity index is 0.00000385. The van der Waals surface area contributed by atoms with Crippen LogP contribution in [0, 0.1) is 11.8 Å². The first-order chi connectivity index (χ1) is 15.4. The summed E-state index contributed by atoms with van der Waals surface area (Å²) in [5.74, 6) is -3.30. The summed E-state index contributed by atoms with van der Waals surface area (Å²) in [6.07, 6.45) is 0.944. The molecule has 7 heteroatoms. The fraction of sp³-hybridized carbons (Fsp3) is 0.231. The maximum Gasteiger partial charge on any atom is 1.00 e. The van der Waals surface area contributed by atoms with Crippen molar-refractivity contribution in [2.24, 2.45) is 11.8 Å². The van der Waals surface area contributed by atoms with Crippen molar-refractivity contribution in [2.75, 3.05) is 0 Å². The molecule has 2 atom stereocenters. The number of aromatic hydroxyl groups is 1. The first-order valence-electron chi connectivity index (χ1n) is 10.5. The molecule has 0 saturated carbocycles. The molecular formula is C26H26NNaO5. The molecule has 166 valence electrons. The number of carboxylic acid groups (broad SMARTS) is 1. The van der Waals surface area contributed by atoms with E-state index in [1.807, 2.05) is 60.7 Å². The average Bonchev–Trinajstić information content (AvgIpc) is 2.80. The SMILES string of the molecule is O=C(O)[C@H](Cc1ccccc1)C[C@@H](Cc1ccccc1)C(=O)NCc1ccc([O-])c(O)c1.[Na+]. The van der Waals surface area contributed by atoms with E-state index in [1.54, 1.807) is 6.07 Å². The molecule has 3 aromatic rings. The van der Waals surface area contributed by atoms with Crippen LogP contribution >= 0.6 is 0 Å². The van der Waals surface area contributed by atoms with E-state index in [0.717, 1.165) is 11.1 Å². The zero-order valence-corrected chi connectivity index (χ0v) is 20.6. The van der Waals surface area contributed by atoms with Crippen LogP contribution in [0.1, 0.15) is 23.1 Å². The van der Waals surface area contributed by atoms with E-state index in [1.165, 1.54) is 12.1 Å². The Bertz CT molecular complexity index is 1040. The molecule has 0 aromatic heterocycles. The van der Waals surface area contributed by atoms with Crippen molar-refractivity contribution in [2.45, 2.75) is 25.8 Å². The van der Waals surface area contributed by atoms with Gasteiger partial charge >= 0.3 is 35.5 Å². The second-order valence-corrected chi connectivity index (χ2v) is 7.87. The minimum atomic E-state index is -0.935. The van der Waals surface area contributed by atoms with Gasteiger partial charge in [0, 0.05) is 12.5 Å². The summed E-state index contributed by atoms with van der Waals surface area (Å²) in [6.45, 7) is 0.133. The summed E-state index contributed by atoms with van der Waals surface area (Å²) in [5.41, 5.74) is 2.45. The molecule has 3 rings (SSSR count). The minimum Gasteiger partial charge on any atom is -0.870 e. The molecular weight excluding hydrogens is 429 g/mol. The summed E-state index contributed by atoms with van der Waals surface area (Å²) in [7, 11) is 0. The normalized spacial score (nSPS) is 12.2. The van der Waals surface area contributed by atoms with Crippen LogP contribution < -0.4 is 40.0 Å². The van der Waals surface area contributed by atoms with Gasteiger partial charge in [0.15, 0.2) is 0 Å². The summed E-state index contributed by atoms with van der Waals surface area (Å²) in [6, 6.07) is 23.0. The quantitative estimate of drug-likeness (QED) is 0.381. The van der Waals surface area contributed by atoms with Gasteiger partial charge < -0.3 is 20.6 Å². The number of benzene rings is 3. The number of nitrogens with one attached hydrogen (secondary N) is 1. The number of aliphatic carboxylic acids is 1. The molecule has 0 spiro atoms. The summed E-state index contributed by atoms with van der Waals surface area (Å²) < 4.78 is 0. The van der Waals surface area contributed by atoms with Crippen molar-refractivity contribution in [3.05, 3.63) is 95.6 Å². The van der Waals surface area contributed by atoms with Crippen LogP contribution in [-0.2, 0) is 29.0 Å². The molecule has 0 radical (unpaired) electrons. The molecule has 0 saturated heterocycles. The molecule has 1 amide bonds. The van der Waals surface area contributed by atoms with E-state index >= 15 is 0 Å². The zero-order valence-electron chi connectivity index (χ0n) is 18.6. The number of phenolic OH excluding ortho intramolecular Hbond substituents is 1. The van der Waals surface area contributed by atoms with Gasteiger partial charge in [-0.3, -0.25) is 9.59 Å². The van der Waals surface area contributed by atoms with Gasteiger partial charge in [0.05, 0.1) is 5.92 Å². The summed E-state index contributed by atoms with van der Waals surface area (Å²) >= 11 is 0. The number of carbonyl (C=O) groups excluding carboxylic acids is 1. The Labute approximate surface area is 215 Å². The molecule has 0 bridgehead atoms. The van der Waals surface area contributed by atoms with Gasteiger partial charge in [-0.1, -0.05) is 78.5 Å². The zero-order chi connectivity index (χ0) is 22.9. The van der Waals surface area contributed by atoms with Gasteiger partial charge in [-0.05, 0) is 42.0 Å². The maximum absolute atomic E-state index is 13.1. The molecule has 0 unspecified atom stereocenters. The van der Waals surface area contributed by atoms with Gasteiger partial charge in [-0.2, -0.15) is 0 Å². The first-order valence-corrected chi connectivity index (χ1v) is 10.5. The van der Waals surface area contributed by atoms with Gasteiger partial charge in [-0.15, -0.1) is 0 Å². The number of hydrogen-bond donors (Lipinski definition) is 3. The molecule has 0 heterocycles. The average molecular weight is 455 g/mol. The van der Waals surface area contributed by atoms with E-state index in [9.17, 15) is 24.9 Å². The van der Waals surface area contributed by atoms with Crippen LogP contribution in [0.3, 0.4) is 0 Å². The largest absolute Gasteiger partial charge is 1.00 e. The number of phenols is 1. The van der Waals surface area contributed by atoms with Crippen LogP contribution in [0.4, 0.5) is 0 Å². The van der Waals surface area contributed by atoms with Crippen molar-refractivity contribution in [3.8, 4) is 11.5 Å². The third-order valence-corrected chi connectivity index (χ3v) is 5.43. The smallest absolute Gasteiger partial charge is 0.870 e. The van der Waals surface area contributed by atoms with Crippen molar-refractivity contribution >= 4 is 11.9 Å². The van der Waals surface area contributed by atoms with Gasteiger partial charge in [0.25, 0.3) is 0 Å². The van der Waals surface area contributed by atoms with Crippen LogP contribution in [0.5, 0.6) is 11.5 Å². The van der Waals surface area contributed by atoms with Crippen LogP contribution in [-0.4, -0.2) is 22.1 Å². The fourth-order valence-electron chi connectivity index (χ4n) is 3.70. The molecule has 0 fully saturated rings. The predicted molar refractivity (Wildman–Crippen MR) is 119 cm³/mol. The van der Waals surface area contributed by atoms with Crippen LogP contribution in [0.15, 0.2) is 78.9 Å². The Kier molecular flexibility index (Phi) is 10.5. The molecule has 3 aromatic carbocycles. The van der Waals surface area contributed by atoms with E-state index in [4.69, 9.17) is 0 Å². The van der Waals surface area contributed by atoms with Gasteiger partial charge in [-0.25, -0.2) is 0 Å². The maximum atomic E-state index is 13.1. The monoisotopic (exact) mass is 455 g/mol. The third kappa shape index (κ3) is 8.24. The molecule has 3 N–H and O–H groups in total. The first kappa shape index (κ1) is 26.5.